The van der Waals surface area contributed by atoms with E-state index in [2.05, 4.69) is 22.4 Å². The molecule has 0 saturated heterocycles. The van der Waals surface area contributed by atoms with E-state index in [4.69, 9.17) is 9.47 Å². The number of aryl methyl sites for hydroxylation is 3. The Bertz CT molecular complexity index is 1230. The number of carbonyl (C=O) groups is 1. The van der Waals surface area contributed by atoms with Crippen molar-refractivity contribution in [3.8, 4) is 11.5 Å². The first-order chi connectivity index (χ1) is 16.0. The van der Waals surface area contributed by atoms with Crippen LogP contribution in [0.3, 0.4) is 0 Å². The smallest absolute Gasteiger partial charge is 0.276 e. The van der Waals surface area contributed by atoms with E-state index >= 15 is 0 Å². The van der Waals surface area contributed by atoms with Crippen LogP contribution >= 0.6 is 0 Å². The molecule has 8 heteroatoms. The Balaban J connectivity index is 1.29. The Kier molecular flexibility index (Phi) is 6.73. The lowest BCUT2D eigenvalue weighted by Gasteiger charge is -2.09. The molecule has 33 heavy (non-hydrogen) atoms. The normalized spacial score (nSPS) is 10.8. The number of ether oxygens (including phenoxy) is 2. The Labute approximate surface area is 192 Å². The van der Waals surface area contributed by atoms with E-state index in [0.29, 0.717) is 11.4 Å². The molecule has 0 bridgehead atoms. The molecular weight excluding hydrogens is 418 g/mol. The number of nitrogens with zero attached hydrogens (tertiary/aromatic N) is 4. The van der Waals surface area contributed by atoms with Gasteiger partial charge >= 0.3 is 0 Å². The molecule has 0 unspecified atom stereocenters. The van der Waals surface area contributed by atoms with Gasteiger partial charge in [0.2, 0.25) is 0 Å². The molecule has 1 N–H and O–H groups in total. The van der Waals surface area contributed by atoms with Gasteiger partial charge in [0.05, 0.1) is 18.1 Å². The molecule has 4 rings (SSSR count). The van der Waals surface area contributed by atoms with Crippen molar-refractivity contribution in [3.63, 3.8) is 0 Å². The van der Waals surface area contributed by atoms with Crippen LogP contribution < -0.4 is 14.8 Å². The number of rotatable bonds is 9. The predicted molar refractivity (Wildman–Crippen MR) is 125 cm³/mol. The molecule has 4 aromatic rings. The maximum absolute atomic E-state index is 12.6. The van der Waals surface area contributed by atoms with Gasteiger partial charge in [0, 0.05) is 6.20 Å². The lowest BCUT2D eigenvalue weighted by molar-refractivity contribution is 0.102. The van der Waals surface area contributed by atoms with E-state index in [-0.39, 0.29) is 19.4 Å². The van der Waals surface area contributed by atoms with E-state index < -0.39 is 0 Å². The summed E-state index contributed by atoms with van der Waals surface area (Å²) >= 11 is 0. The van der Waals surface area contributed by atoms with Gasteiger partial charge in [0.25, 0.3) is 5.91 Å². The van der Waals surface area contributed by atoms with E-state index in [1.807, 2.05) is 56.3 Å². The minimum Gasteiger partial charge on any atom is -0.471 e. The van der Waals surface area contributed by atoms with Gasteiger partial charge in [-0.3, -0.25) is 4.79 Å². The zero-order chi connectivity index (χ0) is 23.2. The third-order valence-corrected chi connectivity index (χ3v) is 5.16. The fourth-order valence-electron chi connectivity index (χ4n) is 3.21. The van der Waals surface area contributed by atoms with Gasteiger partial charge in [0.15, 0.2) is 19.2 Å². The maximum Gasteiger partial charge on any atom is 0.276 e. The molecule has 0 aliphatic rings. The largest absolute Gasteiger partial charge is 0.471 e. The molecule has 1 amide bonds. The summed E-state index contributed by atoms with van der Waals surface area (Å²) in [6.45, 7) is 6.57. The Morgan fingerprint density at radius 1 is 1.00 bits per heavy atom. The van der Waals surface area contributed by atoms with Gasteiger partial charge in [-0.2, -0.15) is 10.2 Å². The number of carbonyl (C=O) groups excluding carboxylic acids is 1. The van der Waals surface area contributed by atoms with Crippen molar-refractivity contribution in [2.24, 2.45) is 0 Å². The van der Waals surface area contributed by atoms with E-state index in [9.17, 15) is 4.79 Å². The number of benzene rings is 2. The highest BCUT2D eigenvalue weighted by Crippen LogP contribution is 2.19. The second-order valence-corrected chi connectivity index (χ2v) is 7.78. The van der Waals surface area contributed by atoms with Crippen molar-refractivity contribution in [1.29, 1.82) is 0 Å². The monoisotopic (exact) mass is 445 g/mol. The van der Waals surface area contributed by atoms with Crippen LogP contribution in [0.4, 0.5) is 5.69 Å². The molecule has 0 radical (unpaired) electrons. The van der Waals surface area contributed by atoms with Crippen molar-refractivity contribution in [3.05, 3.63) is 89.5 Å². The minimum atomic E-state index is -0.323. The highest BCUT2D eigenvalue weighted by molar-refractivity contribution is 6.02. The SMILES string of the molecule is CCc1ccc(OCn2cc(NC(=O)c3ccn(COc4cc(C)ccc4C)n3)cn2)cc1. The van der Waals surface area contributed by atoms with E-state index in [1.165, 1.54) is 5.56 Å². The second-order valence-electron chi connectivity index (χ2n) is 7.78. The van der Waals surface area contributed by atoms with Gasteiger partial charge in [-0.1, -0.05) is 31.2 Å². The highest BCUT2D eigenvalue weighted by atomic mass is 16.5. The van der Waals surface area contributed by atoms with Crippen molar-refractivity contribution in [1.82, 2.24) is 19.6 Å². The molecule has 0 aliphatic carbocycles. The van der Waals surface area contributed by atoms with Gasteiger partial charge in [-0.05, 0) is 61.2 Å². The summed E-state index contributed by atoms with van der Waals surface area (Å²) < 4.78 is 14.8. The molecule has 2 heterocycles. The summed E-state index contributed by atoms with van der Waals surface area (Å²) in [6.07, 6.45) is 5.97. The van der Waals surface area contributed by atoms with Gasteiger partial charge < -0.3 is 14.8 Å². The van der Waals surface area contributed by atoms with Crippen LogP contribution in [-0.4, -0.2) is 25.5 Å². The number of hydrogen-bond donors (Lipinski definition) is 1. The van der Waals surface area contributed by atoms with Crippen molar-refractivity contribution < 1.29 is 14.3 Å². The van der Waals surface area contributed by atoms with Gasteiger partial charge in [0.1, 0.15) is 11.5 Å². The van der Waals surface area contributed by atoms with Crippen LogP contribution in [0.5, 0.6) is 11.5 Å². The average molecular weight is 446 g/mol. The summed E-state index contributed by atoms with van der Waals surface area (Å²) in [5.41, 5.74) is 4.28. The van der Waals surface area contributed by atoms with Crippen LogP contribution in [0.1, 0.15) is 34.1 Å². The van der Waals surface area contributed by atoms with Crippen molar-refractivity contribution >= 4 is 11.6 Å². The van der Waals surface area contributed by atoms with Crippen molar-refractivity contribution in [2.45, 2.75) is 40.7 Å². The molecule has 170 valence electrons. The molecule has 8 nitrogen and oxygen atoms in total. The van der Waals surface area contributed by atoms with Crippen LogP contribution in [0.15, 0.2) is 67.1 Å². The third-order valence-electron chi connectivity index (χ3n) is 5.16. The lowest BCUT2D eigenvalue weighted by Crippen LogP contribution is -2.14. The van der Waals surface area contributed by atoms with Crippen molar-refractivity contribution in [2.75, 3.05) is 5.32 Å². The standard InChI is InChI=1S/C25H27N5O3/c1-4-20-7-9-22(10-8-20)32-17-30-15-21(14-26-30)27-25(31)23-11-12-29(28-23)16-33-24-13-18(2)5-6-19(24)3/h5-15H,4,16-17H2,1-3H3,(H,27,31). The average Bonchev–Trinajstić information content (AvgIpc) is 3.48. The molecule has 2 aromatic heterocycles. The molecule has 0 spiro atoms. The topological polar surface area (TPSA) is 83.2 Å². The fraction of sp³-hybridized carbons (Fsp3) is 0.240. The van der Waals surface area contributed by atoms with Crippen LogP contribution in [0, 0.1) is 13.8 Å². The minimum absolute atomic E-state index is 0.214. The first-order valence-electron chi connectivity index (χ1n) is 10.8. The molecule has 0 saturated carbocycles. The summed E-state index contributed by atoms with van der Waals surface area (Å²) in [5, 5.41) is 11.3. The summed E-state index contributed by atoms with van der Waals surface area (Å²) in [6, 6.07) is 15.6. The fourth-order valence-corrected chi connectivity index (χ4v) is 3.21. The lowest BCUT2D eigenvalue weighted by atomic mass is 10.1. The van der Waals surface area contributed by atoms with Crippen LogP contribution in [0.2, 0.25) is 0 Å². The highest BCUT2D eigenvalue weighted by Gasteiger charge is 2.12. The first-order valence-corrected chi connectivity index (χ1v) is 10.8. The zero-order valence-corrected chi connectivity index (χ0v) is 19.0. The van der Waals surface area contributed by atoms with Gasteiger partial charge in [-0.15, -0.1) is 0 Å². The first kappa shape index (κ1) is 22.1. The van der Waals surface area contributed by atoms with E-state index in [0.717, 1.165) is 29.0 Å². The Morgan fingerprint density at radius 2 is 1.79 bits per heavy atom. The summed E-state index contributed by atoms with van der Waals surface area (Å²) in [5.74, 6) is 1.24. The van der Waals surface area contributed by atoms with Crippen LogP contribution in [0.25, 0.3) is 0 Å². The number of anilines is 1. The Hall–Kier alpha value is -4.07. The third kappa shape index (κ3) is 5.79. The number of aromatic nitrogens is 4. The summed E-state index contributed by atoms with van der Waals surface area (Å²) in [4.78, 5) is 12.6. The second kappa shape index (κ2) is 10.0. The van der Waals surface area contributed by atoms with Gasteiger partial charge in [-0.25, -0.2) is 9.36 Å². The number of amides is 1. The maximum atomic E-state index is 12.6. The molecule has 0 atom stereocenters. The molecular formula is C25H27N5O3. The van der Waals surface area contributed by atoms with Crippen LogP contribution in [-0.2, 0) is 19.9 Å². The molecule has 0 aliphatic heterocycles. The Morgan fingerprint density at radius 3 is 2.58 bits per heavy atom. The summed E-state index contributed by atoms with van der Waals surface area (Å²) in [7, 11) is 0. The number of hydrogen-bond acceptors (Lipinski definition) is 5. The zero-order valence-electron chi connectivity index (χ0n) is 19.0. The molecule has 2 aromatic carbocycles. The molecule has 0 fully saturated rings. The predicted octanol–water partition coefficient (Wildman–Crippen LogP) is 4.58. The number of nitrogens with one attached hydrogen (secondary N) is 1. The quantitative estimate of drug-likeness (QED) is 0.408. The van der Waals surface area contributed by atoms with E-state index in [1.54, 1.807) is 34.0 Å².